The van der Waals surface area contributed by atoms with Crippen LogP contribution < -0.4 is 0 Å². The van der Waals surface area contributed by atoms with Crippen LogP contribution in [0.25, 0.3) is 28.3 Å². The van der Waals surface area contributed by atoms with E-state index in [1.807, 2.05) is 38.2 Å². The summed E-state index contributed by atoms with van der Waals surface area (Å²) in [6.45, 7) is 3.77. The average molecular weight is 253 g/mol. The number of aromatic amines is 1. The van der Waals surface area contributed by atoms with E-state index in [-0.39, 0.29) is 0 Å². The van der Waals surface area contributed by atoms with Gasteiger partial charge in [0.2, 0.25) is 5.82 Å². The highest BCUT2D eigenvalue weighted by Crippen LogP contribution is 2.25. The van der Waals surface area contributed by atoms with E-state index >= 15 is 0 Å². The Morgan fingerprint density at radius 2 is 2.05 bits per heavy atom. The molecule has 0 bridgehead atoms. The number of furan rings is 1. The zero-order valence-electron chi connectivity index (χ0n) is 10.5. The molecule has 0 aliphatic carbocycles. The van der Waals surface area contributed by atoms with E-state index in [9.17, 15) is 0 Å². The SMILES string of the molecule is Cc1nc2c3cc[nH]c3nc(-c3ccc(C)o3)n2n1. The average Bonchev–Trinajstić information content (AvgIpc) is 3.05. The normalized spacial score (nSPS) is 11.7. The van der Waals surface area contributed by atoms with Crippen LogP contribution in [0.5, 0.6) is 0 Å². The van der Waals surface area contributed by atoms with Crippen molar-refractivity contribution in [2.45, 2.75) is 13.8 Å². The predicted octanol–water partition coefficient (Wildman–Crippen LogP) is 2.48. The molecule has 4 aromatic rings. The number of nitrogens with one attached hydrogen (secondary N) is 1. The Bertz CT molecular complexity index is 898. The lowest BCUT2D eigenvalue weighted by Gasteiger charge is -2.01. The molecule has 19 heavy (non-hydrogen) atoms. The smallest absolute Gasteiger partial charge is 0.201 e. The van der Waals surface area contributed by atoms with Gasteiger partial charge in [-0.25, -0.2) is 9.97 Å². The largest absolute Gasteiger partial charge is 0.458 e. The van der Waals surface area contributed by atoms with Gasteiger partial charge < -0.3 is 9.40 Å². The van der Waals surface area contributed by atoms with Gasteiger partial charge in [0, 0.05) is 6.20 Å². The summed E-state index contributed by atoms with van der Waals surface area (Å²) in [5.74, 6) is 2.89. The third-order valence-corrected chi connectivity index (χ3v) is 3.06. The molecule has 4 heterocycles. The van der Waals surface area contributed by atoms with Crippen molar-refractivity contribution in [2.75, 3.05) is 0 Å². The monoisotopic (exact) mass is 253 g/mol. The van der Waals surface area contributed by atoms with Gasteiger partial charge in [-0.15, -0.1) is 5.10 Å². The van der Waals surface area contributed by atoms with E-state index in [1.165, 1.54) is 0 Å². The number of H-pyrrole nitrogens is 1. The lowest BCUT2D eigenvalue weighted by atomic mass is 10.3. The third kappa shape index (κ3) is 1.40. The van der Waals surface area contributed by atoms with Crippen LogP contribution in [0.1, 0.15) is 11.6 Å². The molecule has 0 saturated heterocycles. The lowest BCUT2D eigenvalue weighted by molar-refractivity contribution is 0.542. The highest BCUT2D eigenvalue weighted by molar-refractivity contribution is 5.90. The van der Waals surface area contributed by atoms with Crippen LogP contribution in [0, 0.1) is 13.8 Å². The van der Waals surface area contributed by atoms with Crippen LogP contribution >= 0.6 is 0 Å². The maximum absolute atomic E-state index is 5.65. The van der Waals surface area contributed by atoms with Gasteiger partial charge in [0.15, 0.2) is 11.4 Å². The van der Waals surface area contributed by atoms with Gasteiger partial charge in [-0.05, 0) is 32.0 Å². The van der Waals surface area contributed by atoms with Crippen LogP contribution in [-0.4, -0.2) is 24.6 Å². The van der Waals surface area contributed by atoms with Gasteiger partial charge in [0.25, 0.3) is 0 Å². The van der Waals surface area contributed by atoms with Gasteiger partial charge >= 0.3 is 0 Å². The minimum atomic E-state index is 0.652. The first-order valence-corrected chi connectivity index (χ1v) is 5.99. The standard InChI is InChI=1S/C13H11N5O/c1-7-3-4-10(19-7)13-16-11-9(5-6-14-11)12-15-8(2)17-18(12)13/h3-6,14H,1-2H3. The highest BCUT2D eigenvalue weighted by atomic mass is 16.3. The zero-order chi connectivity index (χ0) is 13.0. The first kappa shape index (κ1) is 10.3. The third-order valence-electron chi connectivity index (χ3n) is 3.06. The Kier molecular flexibility index (Phi) is 1.87. The minimum Gasteiger partial charge on any atom is -0.458 e. The Hall–Kier alpha value is -2.63. The van der Waals surface area contributed by atoms with E-state index < -0.39 is 0 Å². The number of nitrogens with zero attached hydrogens (tertiary/aromatic N) is 4. The zero-order valence-corrected chi connectivity index (χ0v) is 10.5. The molecule has 0 fully saturated rings. The van der Waals surface area contributed by atoms with Crippen molar-refractivity contribution in [1.82, 2.24) is 24.6 Å². The maximum Gasteiger partial charge on any atom is 0.201 e. The fraction of sp³-hybridized carbons (Fsp3) is 0.154. The summed E-state index contributed by atoms with van der Waals surface area (Å²) in [5.41, 5.74) is 1.57. The molecule has 4 aromatic heterocycles. The molecule has 0 saturated carbocycles. The molecule has 0 spiro atoms. The molecule has 6 heteroatoms. The molecule has 0 aromatic carbocycles. The summed E-state index contributed by atoms with van der Waals surface area (Å²) in [7, 11) is 0. The summed E-state index contributed by atoms with van der Waals surface area (Å²) in [4.78, 5) is 12.1. The van der Waals surface area contributed by atoms with E-state index in [0.717, 1.165) is 22.4 Å². The summed E-state index contributed by atoms with van der Waals surface area (Å²) in [5, 5.41) is 5.35. The molecule has 0 amide bonds. The van der Waals surface area contributed by atoms with Crippen LogP contribution in [0.4, 0.5) is 0 Å². The summed E-state index contributed by atoms with van der Waals surface area (Å²) < 4.78 is 7.37. The van der Waals surface area contributed by atoms with E-state index in [0.29, 0.717) is 17.4 Å². The Morgan fingerprint density at radius 1 is 1.16 bits per heavy atom. The van der Waals surface area contributed by atoms with Crippen molar-refractivity contribution >= 4 is 16.7 Å². The molecule has 0 aliphatic rings. The lowest BCUT2D eigenvalue weighted by Crippen LogP contribution is -1.98. The second kappa shape index (κ2) is 3.44. The number of hydrogen-bond donors (Lipinski definition) is 1. The summed E-state index contributed by atoms with van der Waals surface area (Å²) in [6.07, 6.45) is 1.85. The van der Waals surface area contributed by atoms with Crippen LogP contribution in [0.2, 0.25) is 0 Å². The van der Waals surface area contributed by atoms with Crippen LogP contribution in [-0.2, 0) is 0 Å². The van der Waals surface area contributed by atoms with Gasteiger partial charge in [-0.2, -0.15) is 4.52 Å². The predicted molar refractivity (Wildman–Crippen MR) is 69.8 cm³/mol. The Morgan fingerprint density at radius 3 is 2.84 bits per heavy atom. The van der Waals surface area contributed by atoms with Gasteiger partial charge in [-0.3, -0.25) is 0 Å². The number of fused-ring (bicyclic) bond motifs is 3. The fourth-order valence-electron chi connectivity index (χ4n) is 2.24. The molecule has 0 atom stereocenters. The summed E-state index contributed by atoms with van der Waals surface area (Å²) >= 11 is 0. The van der Waals surface area contributed by atoms with Crippen molar-refractivity contribution in [3.8, 4) is 11.6 Å². The Balaban J connectivity index is 2.17. The number of hydrogen-bond acceptors (Lipinski definition) is 4. The minimum absolute atomic E-state index is 0.652. The second-order valence-electron chi connectivity index (χ2n) is 4.48. The van der Waals surface area contributed by atoms with Gasteiger partial charge in [-0.1, -0.05) is 0 Å². The maximum atomic E-state index is 5.65. The van der Waals surface area contributed by atoms with Crippen molar-refractivity contribution < 1.29 is 4.42 Å². The molecule has 4 rings (SSSR count). The molecule has 6 nitrogen and oxygen atoms in total. The van der Waals surface area contributed by atoms with Crippen LogP contribution in [0.3, 0.4) is 0 Å². The molecule has 0 aliphatic heterocycles. The number of aromatic nitrogens is 5. The molecule has 0 radical (unpaired) electrons. The van der Waals surface area contributed by atoms with E-state index in [2.05, 4.69) is 20.1 Å². The molecule has 0 unspecified atom stereocenters. The first-order chi connectivity index (χ1) is 9.22. The van der Waals surface area contributed by atoms with Crippen molar-refractivity contribution in [3.63, 3.8) is 0 Å². The molecular weight excluding hydrogens is 242 g/mol. The van der Waals surface area contributed by atoms with E-state index in [1.54, 1.807) is 4.52 Å². The number of aryl methyl sites for hydroxylation is 2. The number of rotatable bonds is 1. The molecule has 1 N–H and O–H groups in total. The molecular formula is C13H11N5O. The van der Waals surface area contributed by atoms with Crippen molar-refractivity contribution in [3.05, 3.63) is 36.0 Å². The highest BCUT2D eigenvalue weighted by Gasteiger charge is 2.16. The van der Waals surface area contributed by atoms with Gasteiger partial charge in [0.05, 0.1) is 5.39 Å². The quantitative estimate of drug-likeness (QED) is 0.565. The van der Waals surface area contributed by atoms with Gasteiger partial charge in [0.1, 0.15) is 17.2 Å². The van der Waals surface area contributed by atoms with E-state index in [4.69, 9.17) is 4.42 Å². The molecule has 94 valence electrons. The fourth-order valence-corrected chi connectivity index (χ4v) is 2.24. The second-order valence-corrected chi connectivity index (χ2v) is 4.48. The first-order valence-electron chi connectivity index (χ1n) is 5.99. The Labute approximate surface area is 108 Å². The summed E-state index contributed by atoms with van der Waals surface area (Å²) in [6, 6.07) is 5.75. The van der Waals surface area contributed by atoms with Crippen molar-refractivity contribution in [1.29, 1.82) is 0 Å². The van der Waals surface area contributed by atoms with Crippen LogP contribution in [0.15, 0.2) is 28.8 Å². The van der Waals surface area contributed by atoms with Crippen molar-refractivity contribution in [2.24, 2.45) is 0 Å². The topological polar surface area (TPSA) is 72.0 Å².